The summed E-state index contributed by atoms with van der Waals surface area (Å²) in [6.07, 6.45) is 0. The van der Waals surface area contributed by atoms with Crippen molar-refractivity contribution in [1.29, 1.82) is 0 Å². The molecule has 0 aliphatic heterocycles. The number of ether oxygens (including phenoxy) is 1. The van der Waals surface area contributed by atoms with Crippen molar-refractivity contribution in [2.75, 3.05) is 7.11 Å². The Kier molecular flexibility index (Phi) is 6.08. The van der Waals surface area contributed by atoms with Crippen LogP contribution in [0.1, 0.15) is 31.8 Å². The summed E-state index contributed by atoms with van der Waals surface area (Å²) in [5.74, 6) is -0.412. The Hall–Kier alpha value is -3.92. The van der Waals surface area contributed by atoms with Crippen molar-refractivity contribution in [3.8, 4) is 0 Å². The summed E-state index contributed by atoms with van der Waals surface area (Å²) in [4.78, 5) is 26.9. The van der Waals surface area contributed by atoms with E-state index in [-0.39, 0.29) is 11.9 Å². The van der Waals surface area contributed by atoms with Gasteiger partial charge in [-0.25, -0.2) is 4.79 Å². The van der Waals surface area contributed by atoms with Gasteiger partial charge in [0.25, 0.3) is 5.91 Å². The van der Waals surface area contributed by atoms with Crippen molar-refractivity contribution in [3.63, 3.8) is 0 Å². The molecule has 0 bridgehead atoms. The Morgan fingerprint density at radius 1 is 0.710 bits per heavy atom. The number of hydrogen-bond donors (Lipinski definition) is 0. The zero-order valence-corrected chi connectivity index (χ0v) is 17.3. The van der Waals surface area contributed by atoms with Crippen LogP contribution in [0.3, 0.4) is 0 Å². The Morgan fingerprint density at radius 3 is 2.13 bits per heavy atom. The summed E-state index contributed by atoms with van der Waals surface area (Å²) in [5, 5.41) is 2.28. The standard InChI is InChI=1S/C27H23NO3/c1-31-27(30)23-16-14-20(15-17-23)18-28(26(29)22-9-3-2-4-10-22)19-24-12-7-11-21-8-5-6-13-25(21)24/h2-17H,18-19H2,1H3. The normalized spacial score (nSPS) is 10.6. The molecule has 154 valence electrons. The summed E-state index contributed by atoms with van der Waals surface area (Å²) in [6.45, 7) is 0.909. The number of methoxy groups -OCH3 is 1. The number of fused-ring (bicyclic) bond motifs is 1. The van der Waals surface area contributed by atoms with E-state index >= 15 is 0 Å². The lowest BCUT2D eigenvalue weighted by atomic mass is 10.0. The quantitative estimate of drug-likeness (QED) is 0.397. The molecule has 0 saturated heterocycles. The number of esters is 1. The first-order valence-electron chi connectivity index (χ1n) is 10.1. The summed E-state index contributed by atoms with van der Waals surface area (Å²) < 4.78 is 4.77. The van der Waals surface area contributed by atoms with Crippen LogP contribution in [0.25, 0.3) is 10.8 Å². The summed E-state index contributed by atoms with van der Waals surface area (Å²) in [5.41, 5.74) is 3.17. The molecule has 0 N–H and O–H groups in total. The average Bonchev–Trinajstić information content (AvgIpc) is 2.84. The highest BCUT2D eigenvalue weighted by Gasteiger charge is 2.18. The second-order valence-corrected chi connectivity index (χ2v) is 7.35. The van der Waals surface area contributed by atoms with Crippen LogP contribution in [0.4, 0.5) is 0 Å². The monoisotopic (exact) mass is 409 g/mol. The van der Waals surface area contributed by atoms with Crippen molar-refractivity contribution in [2.24, 2.45) is 0 Å². The number of carbonyl (C=O) groups excluding carboxylic acids is 2. The van der Waals surface area contributed by atoms with Gasteiger partial charge in [0.2, 0.25) is 0 Å². The number of hydrogen-bond acceptors (Lipinski definition) is 3. The van der Waals surface area contributed by atoms with E-state index in [1.54, 1.807) is 12.1 Å². The maximum Gasteiger partial charge on any atom is 0.337 e. The van der Waals surface area contributed by atoms with Crippen LogP contribution >= 0.6 is 0 Å². The van der Waals surface area contributed by atoms with Crippen molar-refractivity contribution in [1.82, 2.24) is 4.90 Å². The molecule has 0 aliphatic rings. The molecule has 0 radical (unpaired) electrons. The van der Waals surface area contributed by atoms with Crippen LogP contribution in [0.5, 0.6) is 0 Å². The number of rotatable bonds is 6. The Morgan fingerprint density at radius 2 is 1.39 bits per heavy atom. The van der Waals surface area contributed by atoms with Gasteiger partial charge in [-0.1, -0.05) is 72.8 Å². The Labute approximate surface area is 181 Å². The van der Waals surface area contributed by atoms with E-state index in [9.17, 15) is 9.59 Å². The fraction of sp³-hybridized carbons (Fsp3) is 0.111. The fourth-order valence-electron chi connectivity index (χ4n) is 3.68. The van der Waals surface area contributed by atoms with Gasteiger partial charge >= 0.3 is 5.97 Å². The smallest absolute Gasteiger partial charge is 0.337 e. The summed E-state index contributed by atoms with van der Waals surface area (Å²) >= 11 is 0. The highest BCUT2D eigenvalue weighted by atomic mass is 16.5. The molecule has 31 heavy (non-hydrogen) atoms. The van der Waals surface area contributed by atoms with Gasteiger partial charge in [0, 0.05) is 18.7 Å². The molecule has 4 nitrogen and oxygen atoms in total. The maximum absolute atomic E-state index is 13.4. The molecule has 0 aliphatic carbocycles. The number of carbonyl (C=O) groups is 2. The predicted molar refractivity (Wildman–Crippen MR) is 122 cm³/mol. The van der Waals surface area contributed by atoms with Gasteiger partial charge in [-0.15, -0.1) is 0 Å². The minimum atomic E-state index is -0.375. The third kappa shape index (κ3) is 4.64. The minimum absolute atomic E-state index is 0.0365. The van der Waals surface area contributed by atoms with Gasteiger partial charge < -0.3 is 9.64 Å². The first-order valence-corrected chi connectivity index (χ1v) is 10.1. The first-order chi connectivity index (χ1) is 15.2. The lowest BCUT2D eigenvalue weighted by molar-refractivity contribution is 0.0600. The molecule has 4 aromatic rings. The first kappa shape index (κ1) is 20.4. The molecule has 0 fully saturated rings. The molecule has 0 aromatic heterocycles. The zero-order valence-electron chi connectivity index (χ0n) is 17.3. The molecule has 0 spiro atoms. The number of nitrogens with zero attached hydrogens (tertiary/aromatic N) is 1. The van der Waals surface area contributed by atoms with Gasteiger partial charge in [0.1, 0.15) is 0 Å². The maximum atomic E-state index is 13.4. The van der Waals surface area contributed by atoms with Crippen LogP contribution in [-0.2, 0) is 17.8 Å². The summed E-state index contributed by atoms with van der Waals surface area (Å²) in [6, 6.07) is 30.8. The van der Waals surface area contributed by atoms with Crippen LogP contribution in [-0.4, -0.2) is 23.9 Å². The third-order valence-corrected chi connectivity index (χ3v) is 5.30. The van der Waals surface area contributed by atoms with Gasteiger partial charge in [-0.2, -0.15) is 0 Å². The molecule has 1 amide bonds. The topological polar surface area (TPSA) is 46.6 Å². The van der Waals surface area contributed by atoms with E-state index in [0.717, 1.165) is 21.9 Å². The van der Waals surface area contributed by atoms with Crippen LogP contribution in [0, 0.1) is 0 Å². The largest absolute Gasteiger partial charge is 0.465 e. The SMILES string of the molecule is COC(=O)c1ccc(CN(Cc2cccc3ccccc23)C(=O)c2ccccc2)cc1. The van der Waals surface area contributed by atoms with Gasteiger partial charge in [-0.3, -0.25) is 4.79 Å². The molecule has 4 aromatic carbocycles. The second kappa shape index (κ2) is 9.26. The molecule has 0 unspecified atom stereocenters. The third-order valence-electron chi connectivity index (χ3n) is 5.30. The molecule has 4 rings (SSSR count). The van der Waals surface area contributed by atoms with E-state index in [2.05, 4.69) is 24.3 Å². The molecule has 4 heteroatoms. The summed E-state index contributed by atoms with van der Waals surface area (Å²) in [7, 11) is 1.36. The predicted octanol–water partition coefficient (Wildman–Crippen LogP) is 5.47. The van der Waals surface area contributed by atoms with Crippen LogP contribution in [0.15, 0.2) is 97.1 Å². The highest BCUT2D eigenvalue weighted by Crippen LogP contribution is 2.22. The van der Waals surface area contributed by atoms with Crippen LogP contribution in [0.2, 0.25) is 0 Å². The van der Waals surface area contributed by atoms with Crippen molar-refractivity contribution >= 4 is 22.6 Å². The van der Waals surface area contributed by atoms with E-state index in [0.29, 0.717) is 24.2 Å². The van der Waals surface area contributed by atoms with E-state index in [1.807, 2.05) is 65.6 Å². The minimum Gasteiger partial charge on any atom is -0.465 e. The lowest BCUT2D eigenvalue weighted by Gasteiger charge is -2.24. The molecular weight excluding hydrogens is 386 g/mol. The van der Waals surface area contributed by atoms with Gasteiger partial charge in [0.05, 0.1) is 12.7 Å². The zero-order chi connectivity index (χ0) is 21.6. The molecule has 0 atom stereocenters. The van der Waals surface area contributed by atoms with Crippen molar-refractivity contribution < 1.29 is 14.3 Å². The lowest BCUT2D eigenvalue weighted by Crippen LogP contribution is -2.30. The van der Waals surface area contributed by atoms with Crippen molar-refractivity contribution in [3.05, 3.63) is 119 Å². The Balaban J connectivity index is 1.66. The van der Waals surface area contributed by atoms with E-state index < -0.39 is 0 Å². The molecular formula is C27H23NO3. The molecule has 0 heterocycles. The number of amides is 1. The molecule has 0 saturated carbocycles. The highest BCUT2D eigenvalue weighted by molar-refractivity contribution is 5.94. The van der Waals surface area contributed by atoms with Gasteiger partial charge in [-0.05, 0) is 46.2 Å². The average molecular weight is 409 g/mol. The second-order valence-electron chi connectivity index (χ2n) is 7.35. The van der Waals surface area contributed by atoms with Crippen LogP contribution < -0.4 is 0 Å². The Bertz CT molecular complexity index is 1190. The number of benzene rings is 4. The fourth-order valence-corrected chi connectivity index (χ4v) is 3.68. The van der Waals surface area contributed by atoms with E-state index in [1.165, 1.54) is 7.11 Å². The van der Waals surface area contributed by atoms with Gasteiger partial charge in [0.15, 0.2) is 0 Å². The van der Waals surface area contributed by atoms with Crippen molar-refractivity contribution in [2.45, 2.75) is 13.1 Å². The van der Waals surface area contributed by atoms with E-state index in [4.69, 9.17) is 4.74 Å².